The quantitative estimate of drug-likeness (QED) is 0.745. The molecular formula is C14H29N3O4. The minimum absolute atomic E-state index is 0.259. The summed E-state index contributed by atoms with van der Waals surface area (Å²) >= 11 is 0. The second-order valence-corrected chi connectivity index (χ2v) is 6.27. The molecule has 1 aliphatic heterocycles. The van der Waals surface area contributed by atoms with Crippen LogP contribution < -0.4 is 5.73 Å². The molecule has 0 aromatic heterocycles. The van der Waals surface area contributed by atoms with Gasteiger partial charge in [-0.3, -0.25) is 4.90 Å². The number of ether oxygens (including phenoxy) is 3. The summed E-state index contributed by atoms with van der Waals surface area (Å²) in [5.41, 5.74) is 5.27. The zero-order valence-corrected chi connectivity index (χ0v) is 13.8. The minimum Gasteiger partial charge on any atom is -0.444 e. The summed E-state index contributed by atoms with van der Waals surface area (Å²) in [4.78, 5) is 15.9. The molecule has 21 heavy (non-hydrogen) atoms. The fourth-order valence-electron chi connectivity index (χ4n) is 2.20. The van der Waals surface area contributed by atoms with Crippen LogP contribution in [0.15, 0.2) is 0 Å². The molecule has 1 aliphatic rings. The lowest BCUT2D eigenvalue weighted by molar-refractivity contribution is -0.210. The maximum atomic E-state index is 12.0. The number of amides is 1. The fraction of sp³-hybridized carbons (Fsp3) is 0.929. The van der Waals surface area contributed by atoms with E-state index in [0.29, 0.717) is 19.6 Å². The summed E-state index contributed by atoms with van der Waals surface area (Å²) in [5.74, 6) is -0.784. The number of carbonyl (C=O) groups is 1. The molecule has 7 nitrogen and oxygen atoms in total. The lowest BCUT2D eigenvalue weighted by Gasteiger charge is -2.40. The number of nitrogens with zero attached hydrogens (tertiary/aromatic N) is 2. The van der Waals surface area contributed by atoms with Crippen LogP contribution in [0.4, 0.5) is 4.79 Å². The van der Waals surface area contributed by atoms with Crippen LogP contribution in [-0.2, 0) is 14.2 Å². The molecular weight excluding hydrogens is 274 g/mol. The Morgan fingerprint density at radius 1 is 1.10 bits per heavy atom. The predicted octanol–water partition coefficient (Wildman–Crippen LogP) is 0.487. The maximum absolute atomic E-state index is 12.0. The van der Waals surface area contributed by atoms with Gasteiger partial charge in [0.05, 0.1) is 6.54 Å². The molecule has 0 aliphatic carbocycles. The first kappa shape index (κ1) is 18.2. The number of nitrogens with two attached hydrogens (primary N) is 1. The third kappa shape index (κ3) is 5.43. The molecule has 0 aromatic rings. The van der Waals surface area contributed by atoms with Crippen molar-refractivity contribution in [3.8, 4) is 0 Å². The number of hydrogen-bond acceptors (Lipinski definition) is 6. The second-order valence-electron chi connectivity index (χ2n) is 6.27. The lowest BCUT2D eigenvalue weighted by atomic mass is 10.2. The second kappa shape index (κ2) is 7.40. The van der Waals surface area contributed by atoms with Crippen molar-refractivity contribution >= 4 is 6.09 Å². The lowest BCUT2D eigenvalue weighted by Crippen LogP contribution is -2.57. The van der Waals surface area contributed by atoms with Gasteiger partial charge >= 0.3 is 6.09 Å². The van der Waals surface area contributed by atoms with E-state index in [0.717, 1.165) is 13.1 Å². The summed E-state index contributed by atoms with van der Waals surface area (Å²) in [6.07, 6.45) is -0.259. The highest BCUT2D eigenvalue weighted by atomic mass is 16.7. The number of rotatable bonds is 5. The van der Waals surface area contributed by atoms with Crippen LogP contribution in [0.2, 0.25) is 0 Å². The van der Waals surface area contributed by atoms with E-state index >= 15 is 0 Å². The smallest absolute Gasteiger partial charge is 0.410 e. The monoisotopic (exact) mass is 303 g/mol. The normalized spacial score (nSPS) is 17.9. The highest BCUT2D eigenvalue weighted by Gasteiger charge is 2.33. The van der Waals surface area contributed by atoms with Crippen LogP contribution >= 0.6 is 0 Å². The van der Waals surface area contributed by atoms with Crippen LogP contribution in [0.5, 0.6) is 0 Å². The van der Waals surface area contributed by atoms with Crippen LogP contribution in [0.1, 0.15) is 20.8 Å². The molecule has 0 aromatic carbocycles. The van der Waals surface area contributed by atoms with Crippen molar-refractivity contribution in [2.45, 2.75) is 32.2 Å². The summed E-state index contributed by atoms with van der Waals surface area (Å²) in [5, 5.41) is 0. The average molecular weight is 303 g/mol. The topological polar surface area (TPSA) is 77.3 Å². The Morgan fingerprint density at radius 3 is 2.00 bits per heavy atom. The molecule has 0 saturated carbocycles. The molecule has 0 unspecified atom stereocenters. The van der Waals surface area contributed by atoms with Gasteiger partial charge in [0.25, 0.3) is 0 Å². The van der Waals surface area contributed by atoms with E-state index in [1.807, 2.05) is 20.8 Å². The SMILES string of the molecule is COC(CN)(CN1CCN(C(=O)OC(C)(C)C)CC1)OC. The van der Waals surface area contributed by atoms with Crippen LogP contribution in [0.25, 0.3) is 0 Å². The molecule has 0 atom stereocenters. The van der Waals surface area contributed by atoms with E-state index in [-0.39, 0.29) is 12.6 Å². The molecule has 0 radical (unpaired) electrons. The van der Waals surface area contributed by atoms with Crippen LogP contribution in [0.3, 0.4) is 0 Å². The van der Waals surface area contributed by atoms with Crippen molar-refractivity contribution in [3.63, 3.8) is 0 Å². The highest BCUT2D eigenvalue weighted by Crippen LogP contribution is 2.15. The number of carbonyl (C=O) groups excluding carboxylic acids is 1. The summed E-state index contributed by atoms with van der Waals surface area (Å²) in [6.45, 7) is 9.22. The van der Waals surface area contributed by atoms with Gasteiger partial charge in [0.1, 0.15) is 5.60 Å². The van der Waals surface area contributed by atoms with Gasteiger partial charge in [0.15, 0.2) is 5.79 Å². The largest absolute Gasteiger partial charge is 0.444 e. The number of piperazine rings is 1. The average Bonchev–Trinajstić information content (AvgIpc) is 2.44. The van der Waals surface area contributed by atoms with Gasteiger partial charge in [-0.2, -0.15) is 0 Å². The van der Waals surface area contributed by atoms with E-state index in [4.69, 9.17) is 19.9 Å². The number of hydrogen-bond donors (Lipinski definition) is 1. The fourth-order valence-corrected chi connectivity index (χ4v) is 2.20. The molecule has 7 heteroatoms. The van der Waals surface area contributed by atoms with Crippen molar-refractivity contribution in [1.82, 2.24) is 9.80 Å². The predicted molar refractivity (Wildman–Crippen MR) is 80.1 cm³/mol. The van der Waals surface area contributed by atoms with E-state index < -0.39 is 11.4 Å². The molecule has 124 valence electrons. The first-order chi connectivity index (χ1) is 9.75. The Bertz CT molecular complexity index is 323. The van der Waals surface area contributed by atoms with Gasteiger partial charge in [0.2, 0.25) is 0 Å². The van der Waals surface area contributed by atoms with Gasteiger partial charge < -0.3 is 24.8 Å². The van der Waals surface area contributed by atoms with Crippen molar-refractivity contribution in [1.29, 1.82) is 0 Å². The summed E-state index contributed by atoms with van der Waals surface area (Å²) in [6, 6.07) is 0. The van der Waals surface area contributed by atoms with Gasteiger partial charge in [-0.15, -0.1) is 0 Å². The van der Waals surface area contributed by atoms with Gasteiger partial charge in [-0.05, 0) is 20.8 Å². The zero-order chi connectivity index (χ0) is 16.1. The molecule has 2 N–H and O–H groups in total. The first-order valence-corrected chi connectivity index (χ1v) is 7.26. The Kier molecular flexibility index (Phi) is 6.40. The molecule has 0 bridgehead atoms. The molecule has 1 saturated heterocycles. The molecule has 1 fully saturated rings. The van der Waals surface area contributed by atoms with E-state index in [9.17, 15) is 4.79 Å². The van der Waals surface area contributed by atoms with Gasteiger partial charge in [-0.1, -0.05) is 0 Å². The minimum atomic E-state index is -0.784. The zero-order valence-electron chi connectivity index (χ0n) is 13.8. The Morgan fingerprint density at radius 2 is 1.62 bits per heavy atom. The Labute approximate surface area is 127 Å². The standard InChI is InChI=1S/C14H29N3O4/c1-13(2,3)21-12(18)17-8-6-16(7-9-17)11-14(10-15,19-4)20-5/h6-11,15H2,1-5H3. The Hall–Kier alpha value is -0.890. The van der Waals surface area contributed by atoms with Crippen molar-refractivity contribution < 1.29 is 19.0 Å². The van der Waals surface area contributed by atoms with Crippen molar-refractivity contribution in [3.05, 3.63) is 0 Å². The molecule has 1 rings (SSSR count). The van der Waals surface area contributed by atoms with Crippen molar-refractivity contribution in [2.75, 3.05) is 53.5 Å². The third-order valence-corrected chi connectivity index (χ3v) is 3.54. The van der Waals surface area contributed by atoms with E-state index in [1.165, 1.54) is 0 Å². The number of methoxy groups -OCH3 is 2. The summed E-state index contributed by atoms with van der Waals surface area (Å²) in [7, 11) is 3.18. The van der Waals surface area contributed by atoms with E-state index in [1.54, 1.807) is 19.1 Å². The third-order valence-electron chi connectivity index (χ3n) is 3.54. The van der Waals surface area contributed by atoms with Gasteiger partial charge in [0, 0.05) is 46.9 Å². The maximum Gasteiger partial charge on any atom is 0.410 e. The van der Waals surface area contributed by atoms with E-state index in [2.05, 4.69) is 4.90 Å². The Balaban J connectivity index is 2.47. The summed E-state index contributed by atoms with van der Waals surface area (Å²) < 4.78 is 16.1. The molecule has 1 amide bonds. The first-order valence-electron chi connectivity index (χ1n) is 7.26. The van der Waals surface area contributed by atoms with Crippen LogP contribution in [-0.4, -0.2) is 80.8 Å². The molecule has 1 heterocycles. The van der Waals surface area contributed by atoms with Crippen molar-refractivity contribution in [2.24, 2.45) is 5.73 Å². The van der Waals surface area contributed by atoms with Gasteiger partial charge in [-0.25, -0.2) is 4.79 Å². The molecule has 0 spiro atoms. The van der Waals surface area contributed by atoms with Crippen LogP contribution in [0, 0.1) is 0 Å². The highest BCUT2D eigenvalue weighted by molar-refractivity contribution is 5.68.